The van der Waals surface area contributed by atoms with Gasteiger partial charge in [0.2, 0.25) is 0 Å². The Labute approximate surface area is 93.0 Å². The van der Waals surface area contributed by atoms with Crippen molar-refractivity contribution in [2.24, 2.45) is 5.92 Å². The third-order valence-electron chi connectivity index (χ3n) is 4.62. The highest BCUT2D eigenvalue weighted by molar-refractivity contribution is 6.92. The summed E-state index contributed by atoms with van der Waals surface area (Å²) in [6.45, 7) is 11.8. The second-order valence-electron chi connectivity index (χ2n) is 5.70. The molecule has 0 amide bonds. The van der Waals surface area contributed by atoms with Gasteiger partial charge >= 0.3 is 0 Å². The Morgan fingerprint density at radius 3 is 2.53 bits per heavy atom. The topological polar surface area (TPSA) is 0 Å². The monoisotopic (exact) mass is 214 g/mol. The van der Waals surface area contributed by atoms with Crippen molar-refractivity contribution in [1.29, 1.82) is 0 Å². The van der Waals surface area contributed by atoms with E-state index in [1.807, 2.05) is 0 Å². The number of allylic oxidation sites excluding steroid dienone is 1. The molecule has 0 saturated heterocycles. The molecule has 1 aliphatic carbocycles. The molecular weight excluding hydrogens is 196 g/mol. The van der Waals surface area contributed by atoms with Crippen molar-refractivity contribution in [3.05, 3.63) is 42.0 Å². The number of benzene rings is 1. The van der Waals surface area contributed by atoms with E-state index in [0.717, 1.165) is 11.5 Å². The van der Waals surface area contributed by atoms with Crippen LogP contribution in [0.1, 0.15) is 18.4 Å². The molecule has 2 aliphatic heterocycles. The van der Waals surface area contributed by atoms with Crippen molar-refractivity contribution >= 4 is 13.3 Å². The zero-order valence-electron chi connectivity index (χ0n) is 9.75. The summed E-state index contributed by atoms with van der Waals surface area (Å²) in [6, 6.07) is 9.07. The van der Waals surface area contributed by atoms with Crippen LogP contribution in [0.5, 0.6) is 0 Å². The summed E-state index contributed by atoms with van der Waals surface area (Å²) in [5, 5.41) is 1.69. The lowest BCUT2D eigenvalue weighted by atomic mass is 9.66. The fraction of sp³-hybridized carbons (Fsp3) is 0.429. The summed E-state index contributed by atoms with van der Waals surface area (Å²) in [7, 11) is -1.27. The molecule has 2 heterocycles. The van der Waals surface area contributed by atoms with E-state index in [4.69, 9.17) is 0 Å². The van der Waals surface area contributed by atoms with E-state index in [-0.39, 0.29) is 0 Å². The van der Waals surface area contributed by atoms with Crippen molar-refractivity contribution in [3.8, 4) is 0 Å². The lowest BCUT2D eigenvalue weighted by molar-refractivity contribution is 0.375. The molecule has 3 aliphatic rings. The number of hydrogen-bond acceptors (Lipinski definition) is 0. The molecule has 1 aromatic rings. The van der Waals surface area contributed by atoms with Gasteiger partial charge in [0.25, 0.3) is 0 Å². The molecule has 0 aromatic heterocycles. The van der Waals surface area contributed by atoms with Crippen LogP contribution in [0.3, 0.4) is 0 Å². The minimum Gasteiger partial charge on any atom is -0.0992 e. The Hall–Kier alpha value is -0.823. The maximum Gasteiger partial charge on any atom is 0.0883 e. The zero-order valence-corrected chi connectivity index (χ0v) is 10.7. The third-order valence-corrected chi connectivity index (χ3v) is 8.91. The third kappa shape index (κ3) is 0.925. The normalized spacial score (nSPS) is 35.7. The van der Waals surface area contributed by atoms with Gasteiger partial charge in [-0.25, -0.2) is 0 Å². The lowest BCUT2D eigenvalue weighted by Gasteiger charge is -2.58. The van der Waals surface area contributed by atoms with Crippen LogP contribution in [-0.2, 0) is 0 Å². The highest BCUT2D eigenvalue weighted by Crippen LogP contribution is 2.61. The molecule has 1 fully saturated rings. The van der Waals surface area contributed by atoms with Crippen LogP contribution in [0.2, 0.25) is 18.6 Å². The van der Waals surface area contributed by atoms with Gasteiger partial charge in [0.15, 0.2) is 0 Å². The summed E-state index contributed by atoms with van der Waals surface area (Å²) >= 11 is 0. The van der Waals surface area contributed by atoms with Crippen molar-refractivity contribution in [2.45, 2.75) is 31.5 Å². The van der Waals surface area contributed by atoms with E-state index in [2.05, 4.69) is 50.9 Å². The van der Waals surface area contributed by atoms with Crippen LogP contribution in [0.25, 0.3) is 0 Å². The summed E-state index contributed by atoms with van der Waals surface area (Å²) in [6.07, 6.45) is 0. The fourth-order valence-corrected chi connectivity index (χ4v) is 8.53. The second-order valence-corrected chi connectivity index (χ2v) is 10.3. The minimum atomic E-state index is -1.27. The molecule has 0 N–H and O–H groups in total. The molecule has 4 rings (SSSR count). The average molecular weight is 214 g/mol. The van der Waals surface area contributed by atoms with Gasteiger partial charge in [-0.3, -0.25) is 0 Å². The highest BCUT2D eigenvalue weighted by atomic mass is 28.3. The van der Waals surface area contributed by atoms with Crippen LogP contribution in [0.4, 0.5) is 0 Å². The van der Waals surface area contributed by atoms with Crippen LogP contribution < -0.4 is 5.19 Å². The first kappa shape index (κ1) is 9.41. The van der Waals surface area contributed by atoms with E-state index in [0.29, 0.717) is 5.92 Å². The highest BCUT2D eigenvalue weighted by Gasteiger charge is 2.56. The first-order valence-electron chi connectivity index (χ1n) is 5.83. The van der Waals surface area contributed by atoms with Gasteiger partial charge in [-0.1, -0.05) is 61.6 Å². The van der Waals surface area contributed by atoms with Gasteiger partial charge in [0.05, 0.1) is 8.07 Å². The molecule has 0 radical (unpaired) electrons. The van der Waals surface area contributed by atoms with Crippen LogP contribution in [-0.4, -0.2) is 8.07 Å². The maximum absolute atomic E-state index is 4.32. The van der Waals surface area contributed by atoms with Crippen LogP contribution in [0, 0.1) is 5.92 Å². The predicted molar refractivity (Wildman–Crippen MR) is 68.4 cm³/mol. The van der Waals surface area contributed by atoms with Gasteiger partial charge < -0.3 is 0 Å². The average Bonchev–Trinajstić information content (AvgIpc) is 2.17. The van der Waals surface area contributed by atoms with Gasteiger partial charge in [-0.15, -0.1) is 0 Å². The minimum absolute atomic E-state index is 0.673. The first-order valence-corrected chi connectivity index (χ1v) is 8.91. The van der Waals surface area contributed by atoms with Gasteiger partial charge in [0.1, 0.15) is 0 Å². The first-order chi connectivity index (χ1) is 7.05. The Morgan fingerprint density at radius 1 is 1.20 bits per heavy atom. The van der Waals surface area contributed by atoms with Crippen molar-refractivity contribution in [3.63, 3.8) is 0 Å². The fourth-order valence-electron chi connectivity index (χ4n) is 4.07. The number of rotatable bonds is 0. The molecule has 2 bridgehead atoms. The summed E-state index contributed by atoms with van der Waals surface area (Å²) in [5.41, 5.74) is 3.95. The molecular formula is C14H18Si. The Balaban J connectivity index is 2.28. The van der Waals surface area contributed by atoms with E-state index >= 15 is 0 Å². The van der Waals surface area contributed by atoms with Gasteiger partial charge in [0, 0.05) is 5.92 Å². The van der Waals surface area contributed by atoms with E-state index in [9.17, 15) is 0 Å². The molecule has 3 atom stereocenters. The zero-order chi connectivity index (χ0) is 10.8. The van der Waals surface area contributed by atoms with Crippen LogP contribution >= 0.6 is 0 Å². The maximum atomic E-state index is 4.32. The largest absolute Gasteiger partial charge is 0.0992 e. The van der Waals surface area contributed by atoms with Gasteiger partial charge in [-0.05, 0) is 17.0 Å². The van der Waals surface area contributed by atoms with Crippen molar-refractivity contribution < 1.29 is 0 Å². The Kier molecular flexibility index (Phi) is 1.66. The van der Waals surface area contributed by atoms with E-state index in [1.165, 1.54) is 5.57 Å². The smallest absolute Gasteiger partial charge is 0.0883 e. The lowest BCUT2D eigenvalue weighted by Crippen LogP contribution is -2.61. The molecule has 15 heavy (non-hydrogen) atoms. The van der Waals surface area contributed by atoms with Crippen molar-refractivity contribution in [2.75, 3.05) is 0 Å². The summed E-state index contributed by atoms with van der Waals surface area (Å²) in [4.78, 5) is 0. The molecule has 1 saturated carbocycles. The van der Waals surface area contributed by atoms with Crippen molar-refractivity contribution in [1.82, 2.24) is 0 Å². The molecule has 3 unspecified atom stereocenters. The molecule has 78 valence electrons. The Bertz CT molecular complexity index is 444. The van der Waals surface area contributed by atoms with E-state index in [1.54, 1.807) is 10.8 Å². The molecule has 1 aromatic carbocycles. The summed E-state index contributed by atoms with van der Waals surface area (Å²) in [5.74, 6) is 1.51. The predicted octanol–water partition coefficient (Wildman–Crippen LogP) is 3.28. The summed E-state index contributed by atoms with van der Waals surface area (Å²) < 4.78 is 0. The number of hydrogen-bond donors (Lipinski definition) is 0. The SMILES string of the molecule is C=C1C2c3ccccc3[Si](C)(C)C1C2C. The van der Waals surface area contributed by atoms with Gasteiger partial charge in [-0.2, -0.15) is 0 Å². The second kappa shape index (κ2) is 2.65. The van der Waals surface area contributed by atoms with Crippen LogP contribution in [0.15, 0.2) is 36.4 Å². The molecule has 0 spiro atoms. The standard InChI is InChI=1S/C14H18Si/c1-9-13-10(2)14(9)15(3,4)12-8-6-5-7-11(12)13/h5-8,10,13-14H,1H2,2-4H3. The molecule has 1 heteroatoms. The Morgan fingerprint density at radius 2 is 1.87 bits per heavy atom. The van der Waals surface area contributed by atoms with E-state index < -0.39 is 8.07 Å². The quantitative estimate of drug-likeness (QED) is 0.459. The molecule has 0 nitrogen and oxygen atoms in total.